The second-order valence-corrected chi connectivity index (χ2v) is 5.07. The van der Waals surface area contributed by atoms with E-state index in [1.807, 2.05) is 0 Å². The van der Waals surface area contributed by atoms with Crippen LogP contribution < -0.4 is 0 Å². The molecule has 0 aromatic rings. The Hall–Kier alpha value is -0.120. The summed E-state index contributed by atoms with van der Waals surface area (Å²) < 4.78 is 5.07. The highest BCUT2D eigenvalue weighted by Crippen LogP contribution is 2.34. The van der Waals surface area contributed by atoms with Gasteiger partial charge in [0.05, 0.1) is 5.60 Å². The van der Waals surface area contributed by atoms with Gasteiger partial charge in [0, 0.05) is 26.3 Å². The SMILES string of the molecule is COCCC(C)C1(O)CCN(C)C(C)C1. The summed E-state index contributed by atoms with van der Waals surface area (Å²) in [6.45, 7) is 6.06. The molecule has 1 aliphatic rings. The highest BCUT2D eigenvalue weighted by molar-refractivity contribution is 4.92. The molecular formula is C12H25NO2. The molecule has 15 heavy (non-hydrogen) atoms. The van der Waals surface area contributed by atoms with Crippen molar-refractivity contribution in [1.29, 1.82) is 0 Å². The van der Waals surface area contributed by atoms with Gasteiger partial charge in [-0.2, -0.15) is 0 Å². The molecule has 0 aromatic carbocycles. The molecule has 1 saturated heterocycles. The van der Waals surface area contributed by atoms with Crippen LogP contribution in [0.3, 0.4) is 0 Å². The van der Waals surface area contributed by atoms with Crippen LogP contribution in [-0.2, 0) is 4.74 Å². The van der Waals surface area contributed by atoms with Crippen LogP contribution in [0.4, 0.5) is 0 Å². The van der Waals surface area contributed by atoms with Crippen LogP contribution in [0.1, 0.15) is 33.1 Å². The normalized spacial score (nSPS) is 35.4. The van der Waals surface area contributed by atoms with E-state index in [2.05, 4.69) is 25.8 Å². The first kappa shape index (κ1) is 12.9. The number of hydrogen-bond donors (Lipinski definition) is 1. The Morgan fingerprint density at radius 3 is 2.80 bits per heavy atom. The van der Waals surface area contributed by atoms with Crippen molar-refractivity contribution in [3.05, 3.63) is 0 Å². The number of likely N-dealkylation sites (tertiary alicyclic amines) is 1. The van der Waals surface area contributed by atoms with Crippen molar-refractivity contribution in [2.45, 2.75) is 44.8 Å². The first-order chi connectivity index (χ1) is 6.99. The Kier molecular flexibility index (Phi) is 4.56. The van der Waals surface area contributed by atoms with Gasteiger partial charge in [-0.05, 0) is 39.2 Å². The van der Waals surface area contributed by atoms with Gasteiger partial charge in [-0.15, -0.1) is 0 Å². The van der Waals surface area contributed by atoms with Crippen LogP contribution in [0.5, 0.6) is 0 Å². The molecule has 3 atom stereocenters. The molecule has 0 amide bonds. The summed E-state index contributed by atoms with van der Waals surface area (Å²) in [5.41, 5.74) is -0.482. The quantitative estimate of drug-likeness (QED) is 0.771. The molecule has 3 unspecified atom stereocenters. The van der Waals surface area contributed by atoms with Gasteiger partial charge >= 0.3 is 0 Å². The summed E-state index contributed by atoms with van der Waals surface area (Å²) in [6, 6.07) is 0.480. The topological polar surface area (TPSA) is 32.7 Å². The fourth-order valence-electron chi connectivity index (χ4n) is 2.37. The van der Waals surface area contributed by atoms with Crippen molar-refractivity contribution in [1.82, 2.24) is 4.90 Å². The molecule has 3 nitrogen and oxygen atoms in total. The summed E-state index contributed by atoms with van der Waals surface area (Å²) >= 11 is 0. The first-order valence-electron chi connectivity index (χ1n) is 5.91. The van der Waals surface area contributed by atoms with Crippen molar-refractivity contribution in [3.63, 3.8) is 0 Å². The maximum atomic E-state index is 10.6. The second-order valence-electron chi connectivity index (χ2n) is 5.07. The molecule has 1 rings (SSSR count). The summed E-state index contributed by atoms with van der Waals surface area (Å²) in [5.74, 6) is 0.327. The van der Waals surface area contributed by atoms with Crippen LogP contribution in [0.2, 0.25) is 0 Å². The molecule has 0 spiro atoms. The second kappa shape index (κ2) is 5.28. The summed E-state index contributed by atoms with van der Waals surface area (Å²) in [5, 5.41) is 10.6. The van der Waals surface area contributed by atoms with Crippen molar-refractivity contribution in [2.75, 3.05) is 27.3 Å². The third-order valence-electron chi connectivity index (χ3n) is 3.97. The highest BCUT2D eigenvalue weighted by Gasteiger charge is 2.39. The molecule has 0 radical (unpaired) electrons. The predicted molar refractivity (Wildman–Crippen MR) is 61.9 cm³/mol. The maximum absolute atomic E-state index is 10.6. The van der Waals surface area contributed by atoms with Gasteiger partial charge in [0.1, 0.15) is 0 Å². The van der Waals surface area contributed by atoms with Gasteiger partial charge in [0.15, 0.2) is 0 Å². The zero-order valence-corrected chi connectivity index (χ0v) is 10.5. The molecule has 0 bridgehead atoms. The lowest BCUT2D eigenvalue weighted by Gasteiger charge is -2.44. The number of rotatable bonds is 4. The van der Waals surface area contributed by atoms with Crippen LogP contribution in [0, 0.1) is 5.92 Å². The lowest BCUT2D eigenvalue weighted by Crippen LogP contribution is -2.51. The van der Waals surface area contributed by atoms with Crippen LogP contribution in [0.15, 0.2) is 0 Å². The van der Waals surface area contributed by atoms with E-state index in [4.69, 9.17) is 4.74 Å². The fraction of sp³-hybridized carbons (Fsp3) is 1.00. The molecule has 0 aromatic heterocycles. The minimum atomic E-state index is -0.482. The van der Waals surface area contributed by atoms with E-state index in [0.717, 1.165) is 32.4 Å². The van der Waals surface area contributed by atoms with Crippen molar-refractivity contribution in [2.24, 2.45) is 5.92 Å². The summed E-state index contributed by atoms with van der Waals surface area (Å²) in [7, 11) is 3.85. The Morgan fingerprint density at radius 1 is 1.60 bits per heavy atom. The van der Waals surface area contributed by atoms with Gasteiger partial charge in [0.25, 0.3) is 0 Å². The number of piperidine rings is 1. The largest absolute Gasteiger partial charge is 0.390 e. The number of hydrogen-bond acceptors (Lipinski definition) is 3. The molecule has 3 heteroatoms. The lowest BCUT2D eigenvalue weighted by atomic mass is 9.77. The lowest BCUT2D eigenvalue weighted by molar-refractivity contribution is -0.0801. The average molecular weight is 215 g/mol. The molecule has 1 fully saturated rings. The summed E-state index contributed by atoms with van der Waals surface area (Å²) in [4.78, 5) is 2.32. The molecule has 1 aliphatic heterocycles. The van der Waals surface area contributed by atoms with E-state index in [0.29, 0.717) is 12.0 Å². The van der Waals surface area contributed by atoms with Crippen LogP contribution in [0.25, 0.3) is 0 Å². The minimum Gasteiger partial charge on any atom is -0.390 e. The molecule has 0 aliphatic carbocycles. The van der Waals surface area contributed by atoms with Crippen LogP contribution >= 0.6 is 0 Å². The van der Waals surface area contributed by atoms with E-state index in [1.54, 1.807) is 7.11 Å². The minimum absolute atomic E-state index is 0.327. The van der Waals surface area contributed by atoms with E-state index >= 15 is 0 Å². The van der Waals surface area contributed by atoms with Crippen molar-refractivity contribution < 1.29 is 9.84 Å². The molecular weight excluding hydrogens is 190 g/mol. The van der Waals surface area contributed by atoms with Gasteiger partial charge in [-0.3, -0.25) is 0 Å². The maximum Gasteiger partial charge on any atom is 0.0701 e. The smallest absolute Gasteiger partial charge is 0.0701 e. The number of aliphatic hydroxyl groups is 1. The molecule has 0 saturated carbocycles. The van der Waals surface area contributed by atoms with Gasteiger partial charge < -0.3 is 14.7 Å². The molecule has 90 valence electrons. The monoisotopic (exact) mass is 215 g/mol. The van der Waals surface area contributed by atoms with Gasteiger partial charge in [0.2, 0.25) is 0 Å². The first-order valence-corrected chi connectivity index (χ1v) is 5.91. The Bertz CT molecular complexity index is 198. The van der Waals surface area contributed by atoms with Gasteiger partial charge in [-0.1, -0.05) is 6.92 Å². The summed E-state index contributed by atoms with van der Waals surface area (Å²) in [6.07, 6.45) is 2.72. The average Bonchev–Trinajstić information content (AvgIpc) is 2.20. The molecule has 1 N–H and O–H groups in total. The fourth-order valence-corrected chi connectivity index (χ4v) is 2.37. The van der Waals surface area contributed by atoms with E-state index in [-0.39, 0.29) is 0 Å². The predicted octanol–water partition coefficient (Wildman–Crippen LogP) is 1.50. The third kappa shape index (κ3) is 3.16. The highest BCUT2D eigenvalue weighted by atomic mass is 16.5. The van der Waals surface area contributed by atoms with E-state index < -0.39 is 5.60 Å². The number of methoxy groups -OCH3 is 1. The van der Waals surface area contributed by atoms with Crippen molar-refractivity contribution in [3.8, 4) is 0 Å². The molecule has 1 heterocycles. The third-order valence-corrected chi connectivity index (χ3v) is 3.97. The van der Waals surface area contributed by atoms with Gasteiger partial charge in [-0.25, -0.2) is 0 Å². The number of ether oxygens (including phenoxy) is 1. The Morgan fingerprint density at radius 2 is 2.27 bits per heavy atom. The van der Waals surface area contributed by atoms with Crippen LogP contribution in [-0.4, -0.2) is 49.0 Å². The Balaban J connectivity index is 2.51. The standard InChI is InChI=1S/C12H25NO2/c1-10(5-8-15-4)12(14)6-7-13(3)11(2)9-12/h10-11,14H,5-9H2,1-4H3. The zero-order chi connectivity index (χ0) is 11.5. The number of nitrogens with zero attached hydrogens (tertiary/aromatic N) is 1. The van der Waals surface area contributed by atoms with E-state index in [1.165, 1.54) is 0 Å². The Labute approximate surface area is 93.4 Å². The zero-order valence-electron chi connectivity index (χ0n) is 10.5. The van der Waals surface area contributed by atoms with Crippen molar-refractivity contribution >= 4 is 0 Å². The van der Waals surface area contributed by atoms with E-state index in [9.17, 15) is 5.11 Å².